The minimum absolute atomic E-state index is 0.237. The first-order chi connectivity index (χ1) is 13.1. The third-order valence-electron chi connectivity index (χ3n) is 4.24. The van der Waals surface area contributed by atoms with Gasteiger partial charge in [-0.15, -0.1) is 0 Å². The van der Waals surface area contributed by atoms with E-state index in [1.165, 1.54) is 12.1 Å². The number of hydrogen-bond acceptors (Lipinski definition) is 3. The van der Waals surface area contributed by atoms with Gasteiger partial charge in [0.25, 0.3) is 0 Å². The molecule has 0 radical (unpaired) electrons. The van der Waals surface area contributed by atoms with E-state index in [4.69, 9.17) is 0 Å². The summed E-state index contributed by atoms with van der Waals surface area (Å²) in [6.07, 6.45) is 5.42. The summed E-state index contributed by atoms with van der Waals surface area (Å²) in [7, 11) is 3.65. The Labute approximate surface area is 158 Å². The minimum atomic E-state index is -0.237. The van der Waals surface area contributed by atoms with Crippen LogP contribution in [-0.4, -0.2) is 39.5 Å². The smallest absolute Gasteiger partial charge is 0.193 e. The monoisotopic (exact) mass is 366 g/mol. The first-order valence-corrected chi connectivity index (χ1v) is 8.69. The Hall–Kier alpha value is -3.22. The van der Waals surface area contributed by atoms with Crippen LogP contribution in [0, 0.1) is 12.7 Å². The van der Waals surface area contributed by atoms with Crippen LogP contribution in [-0.2, 0) is 13.1 Å². The molecule has 0 aliphatic carbocycles. The molecule has 0 saturated heterocycles. The fraction of sp³-hybridized carbons (Fsp3) is 0.250. The molecule has 0 spiro atoms. The summed E-state index contributed by atoms with van der Waals surface area (Å²) in [5.74, 6) is 2.20. The molecule has 27 heavy (non-hydrogen) atoms. The first kappa shape index (κ1) is 18.6. The highest BCUT2D eigenvalue weighted by Gasteiger charge is 2.11. The second kappa shape index (κ2) is 8.44. The van der Waals surface area contributed by atoms with E-state index >= 15 is 0 Å². The van der Waals surface area contributed by atoms with E-state index < -0.39 is 0 Å². The van der Waals surface area contributed by atoms with E-state index in [1.54, 1.807) is 25.5 Å². The van der Waals surface area contributed by atoms with Gasteiger partial charge in [-0.05, 0) is 30.7 Å². The van der Waals surface area contributed by atoms with Crippen molar-refractivity contribution in [1.82, 2.24) is 24.8 Å². The summed E-state index contributed by atoms with van der Waals surface area (Å²) >= 11 is 0. The predicted octanol–water partition coefficient (Wildman–Crippen LogP) is 2.92. The quantitative estimate of drug-likeness (QED) is 0.557. The number of guanidine groups is 1. The molecule has 1 N–H and O–H groups in total. The molecule has 0 aliphatic heterocycles. The van der Waals surface area contributed by atoms with Gasteiger partial charge in [-0.2, -0.15) is 0 Å². The highest BCUT2D eigenvalue weighted by Crippen LogP contribution is 2.13. The Balaban J connectivity index is 1.71. The number of aliphatic imine (C=N–C) groups is 1. The van der Waals surface area contributed by atoms with Gasteiger partial charge in [-0.1, -0.05) is 18.2 Å². The number of aryl methyl sites for hydroxylation is 1. The van der Waals surface area contributed by atoms with Gasteiger partial charge >= 0.3 is 0 Å². The molecule has 140 valence electrons. The predicted molar refractivity (Wildman–Crippen MR) is 104 cm³/mol. The summed E-state index contributed by atoms with van der Waals surface area (Å²) in [6, 6.07) is 10.5. The van der Waals surface area contributed by atoms with Gasteiger partial charge in [0, 0.05) is 51.3 Å². The molecule has 0 unspecified atom stereocenters. The second-order valence-electron chi connectivity index (χ2n) is 6.22. The van der Waals surface area contributed by atoms with Crippen LogP contribution < -0.4 is 5.32 Å². The summed E-state index contributed by atoms with van der Waals surface area (Å²) < 4.78 is 15.4. The number of halogens is 1. The Morgan fingerprint density at radius 3 is 2.78 bits per heavy atom. The molecule has 3 aromatic rings. The number of pyridine rings is 1. The van der Waals surface area contributed by atoms with E-state index in [0.717, 1.165) is 28.7 Å². The van der Waals surface area contributed by atoms with Crippen LogP contribution in [0.2, 0.25) is 0 Å². The van der Waals surface area contributed by atoms with Crippen molar-refractivity contribution in [3.8, 4) is 5.82 Å². The fourth-order valence-electron chi connectivity index (χ4n) is 2.93. The number of aromatic nitrogens is 3. The third-order valence-corrected chi connectivity index (χ3v) is 4.24. The third kappa shape index (κ3) is 4.49. The van der Waals surface area contributed by atoms with Crippen molar-refractivity contribution in [2.75, 3.05) is 14.1 Å². The lowest BCUT2D eigenvalue weighted by Gasteiger charge is -2.22. The standard InChI is InChI=1S/C20H23FN6/c1-15-23-10-11-27(15)19-17(7-5-9-24-19)13-25-20(22-2)26(3)14-16-6-4-8-18(21)12-16/h4-12H,13-14H2,1-3H3,(H,22,25). The average Bonchev–Trinajstić information content (AvgIpc) is 3.08. The zero-order chi connectivity index (χ0) is 19.2. The molecular formula is C20H23FN6. The lowest BCUT2D eigenvalue weighted by atomic mass is 10.2. The van der Waals surface area contributed by atoms with E-state index in [-0.39, 0.29) is 5.82 Å². The minimum Gasteiger partial charge on any atom is -0.352 e. The zero-order valence-corrected chi connectivity index (χ0v) is 15.7. The molecule has 2 heterocycles. The number of benzene rings is 1. The van der Waals surface area contributed by atoms with Crippen molar-refractivity contribution in [3.63, 3.8) is 0 Å². The normalized spacial score (nSPS) is 11.5. The molecular weight excluding hydrogens is 343 g/mol. The van der Waals surface area contributed by atoms with Crippen LogP contribution in [0.3, 0.4) is 0 Å². The van der Waals surface area contributed by atoms with Gasteiger partial charge in [0.2, 0.25) is 0 Å². The maximum atomic E-state index is 13.4. The maximum Gasteiger partial charge on any atom is 0.193 e. The lowest BCUT2D eigenvalue weighted by Crippen LogP contribution is -2.38. The molecule has 1 aromatic carbocycles. The van der Waals surface area contributed by atoms with Gasteiger partial charge in [-0.25, -0.2) is 14.4 Å². The van der Waals surface area contributed by atoms with Crippen molar-refractivity contribution >= 4 is 5.96 Å². The van der Waals surface area contributed by atoms with Crippen LogP contribution in [0.25, 0.3) is 5.82 Å². The fourth-order valence-corrected chi connectivity index (χ4v) is 2.93. The number of rotatable bonds is 5. The molecule has 0 fully saturated rings. The number of nitrogens with one attached hydrogen (secondary N) is 1. The number of nitrogens with zero attached hydrogens (tertiary/aromatic N) is 5. The van der Waals surface area contributed by atoms with Crippen LogP contribution in [0.1, 0.15) is 17.0 Å². The molecule has 0 bridgehead atoms. The van der Waals surface area contributed by atoms with E-state index in [0.29, 0.717) is 13.1 Å². The molecule has 0 saturated carbocycles. The Morgan fingerprint density at radius 2 is 2.07 bits per heavy atom. The molecule has 7 heteroatoms. The first-order valence-electron chi connectivity index (χ1n) is 8.69. The Morgan fingerprint density at radius 1 is 1.22 bits per heavy atom. The van der Waals surface area contributed by atoms with Crippen LogP contribution in [0.15, 0.2) is 60.0 Å². The Bertz CT molecular complexity index is 933. The van der Waals surface area contributed by atoms with Crippen LogP contribution in [0.4, 0.5) is 4.39 Å². The van der Waals surface area contributed by atoms with Gasteiger partial charge in [0.15, 0.2) is 5.96 Å². The molecule has 2 aromatic heterocycles. The van der Waals surface area contributed by atoms with Crippen molar-refractivity contribution in [1.29, 1.82) is 0 Å². The molecule has 0 aliphatic rings. The van der Waals surface area contributed by atoms with Gasteiger partial charge in [0.05, 0.1) is 0 Å². The number of imidazole rings is 1. The summed E-state index contributed by atoms with van der Waals surface area (Å²) in [5, 5.41) is 3.35. The maximum absolute atomic E-state index is 13.4. The van der Waals surface area contributed by atoms with Crippen molar-refractivity contribution in [2.24, 2.45) is 4.99 Å². The molecule has 3 rings (SSSR count). The summed E-state index contributed by atoms with van der Waals surface area (Å²) in [4.78, 5) is 15.0. The zero-order valence-electron chi connectivity index (χ0n) is 15.7. The molecule has 0 amide bonds. The largest absolute Gasteiger partial charge is 0.352 e. The van der Waals surface area contributed by atoms with E-state index in [9.17, 15) is 4.39 Å². The van der Waals surface area contributed by atoms with Crippen molar-refractivity contribution in [2.45, 2.75) is 20.0 Å². The Kier molecular flexibility index (Phi) is 5.80. The molecule has 0 atom stereocenters. The van der Waals surface area contributed by atoms with Gasteiger partial charge < -0.3 is 10.2 Å². The highest BCUT2D eigenvalue weighted by atomic mass is 19.1. The van der Waals surface area contributed by atoms with Crippen molar-refractivity contribution in [3.05, 3.63) is 77.8 Å². The summed E-state index contributed by atoms with van der Waals surface area (Å²) in [5.41, 5.74) is 1.91. The van der Waals surface area contributed by atoms with Crippen LogP contribution in [0.5, 0.6) is 0 Å². The van der Waals surface area contributed by atoms with Crippen molar-refractivity contribution < 1.29 is 4.39 Å². The van der Waals surface area contributed by atoms with Gasteiger partial charge in [-0.3, -0.25) is 9.56 Å². The van der Waals surface area contributed by atoms with Crippen LogP contribution >= 0.6 is 0 Å². The molecule has 6 nitrogen and oxygen atoms in total. The SMILES string of the molecule is CN=C(NCc1cccnc1-n1ccnc1C)N(C)Cc1cccc(F)c1. The number of hydrogen-bond donors (Lipinski definition) is 1. The lowest BCUT2D eigenvalue weighted by molar-refractivity contribution is 0.474. The average molecular weight is 366 g/mol. The van der Waals surface area contributed by atoms with Gasteiger partial charge in [0.1, 0.15) is 17.5 Å². The summed E-state index contributed by atoms with van der Waals surface area (Å²) in [6.45, 7) is 3.05. The van der Waals surface area contributed by atoms with E-state index in [2.05, 4.69) is 20.3 Å². The topological polar surface area (TPSA) is 58.3 Å². The second-order valence-corrected chi connectivity index (χ2v) is 6.22. The highest BCUT2D eigenvalue weighted by molar-refractivity contribution is 5.79. The van der Waals surface area contributed by atoms with E-state index in [1.807, 2.05) is 47.8 Å².